The zero-order valence-corrected chi connectivity index (χ0v) is 23.5. The third kappa shape index (κ3) is 5.27. The van der Waals surface area contributed by atoms with Crippen molar-refractivity contribution in [2.45, 2.75) is 39.3 Å². The Hall–Kier alpha value is -3.75. The van der Waals surface area contributed by atoms with Gasteiger partial charge in [-0.15, -0.1) is 0 Å². The van der Waals surface area contributed by atoms with Crippen molar-refractivity contribution >= 4 is 40.5 Å². The highest BCUT2D eigenvalue weighted by Gasteiger charge is 2.42. The molecular formula is C30H29ClFN5OS. The number of amides is 1. The average Bonchev–Trinajstić information content (AvgIpc) is 3.35. The number of hydrogen-bond donors (Lipinski definition) is 2. The van der Waals surface area contributed by atoms with E-state index in [0.717, 1.165) is 33.9 Å². The first-order valence-electron chi connectivity index (χ1n) is 12.7. The number of thiocarbonyl (C=S) groups is 1. The van der Waals surface area contributed by atoms with Gasteiger partial charge in [0.15, 0.2) is 5.11 Å². The van der Waals surface area contributed by atoms with Crippen LogP contribution in [-0.2, 0) is 4.79 Å². The molecule has 2 N–H and O–H groups in total. The number of carbonyl (C=O) groups is 1. The van der Waals surface area contributed by atoms with Gasteiger partial charge < -0.3 is 20.1 Å². The lowest BCUT2D eigenvalue weighted by atomic mass is 9.93. The molecule has 0 aliphatic carbocycles. The molecule has 1 aliphatic heterocycles. The normalized spacial score (nSPS) is 16.8. The van der Waals surface area contributed by atoms with E-state index in [1.807, 2.05) is 47.4 Å². The predicted molar refractivity (Wildman–Crippen MR) is 157 cm³/mol. The highest BCUT2D eigenvalue weighted by Crippen LogP contribution is 2.43. The number of benzene rings is 2. The van der Waals surface area contributed by atoms with E-state index in [1.165, 1.54) is 6.07 Å². The summed E-state index contributed by atoms with van der Waals surface area (Å²) in [4.78, 5) is 19.5. The van der Waals surface area contributed by atoms with Crippen LogP contribution in [-0.4, -0.2) is 32.0 Å². The Kier molecular flexibility index (Phi) is 7.68. The van der Waals surface area contributed by atoms with Crippen LogP contribution in [0.15, 0.2) is 72.9 Å². The molecule has 0 spiro atoms. The number of nitrogens with zero attached hydrogens (tertiary/aromatic N) is 3. The molecule has 0 radical (unpaired) electrons. The van der Waals surface area contributed by atoms with Gasteiger partial charge in [0.2, 0.25) is 5.91 Å². The summed E-state index contributed by atoms with van der Waals surface area (Å²) < 4.78 is 16.3. The molecule has 9 heteroatoms. The molecule has 5 rings (SSSR count). The standard InChI is InChI=1S/C30H29ClFN5OS/c1-18-19(2)37(22-10-8-9-21(31)17-22)20(3)27(18)29-28(25-13-6-7-15-33-25)35-30(39)36(29)16-14-26(38)34-24-12-5-4-11-23(24)32/h4-13,15,17,28-29H,14,16H2,1-3H3,(H,34,38)(H,35,39)/t28-,29-/m1/s1. The van der Waals surface area contributed by atoms with Crippen LogP contribution >= 0.6 is 23.8 Å². The molecule has 2 aromatic heterocycles. The van der Waals surface area contributed by atoms with Crippen LogP contribution in [0.25, 0.3) is 5.69 Å². The van der Waals surface area contributed by atoms with Crippen molar-refractivity contribution in [3.05, 3.63) is 112 Å². The third-order valence-electron chi connectivity index (χ3n) is 7.29. The number of nitrogens with one attached hydrogen (secondary N) is 2. The zero-order chi connectivity index (χ0) is 27.7. The molecule has 1 saturated heterocycles. The van der Waals surface area contributed by atoms with Crippen LogP contribution in [0, 0.1) is 26.6 Å². The van der Waals surface area contributed by atoms with E-state index in [9.17, 15) is 9.18 Å². The van der Waals surface area contributed by atoms with E-state index < -0.39 is 5.82 Å². The van der Waals surface area contributed by atoms with Crippen LogP contribution in [0.2, 0.25) is 5.02 Å². The van der Waals surface area contributed by atoms with Gasteiger partial charge in [0, 0.05) is 46.8 Å². The molecule has 6 nitrogen and oxygen atoms in total. The molecule has 1 amide bonds. The average molecular weight is 562 g/mol. The summed E-state index contributed by atoms with van der Waals surface area (Å²) >= 11 is 12.1. The molecule has 2 atom stereocenters. The fourth-order valence-electron chi connectivity index (χ4n) is 5.40. The molecule has 39 heavy (non-hydrogen) atoms. The van der Waals surface area contributed by atoms with Gasteiger partial charge in [-0.05, 0) is 81.0 Å². The predicted octanol–water partition coefficient (Wildman–Crippen LogP) is 6.59. The molecule has 0 bridgehead atoms. The van der Waals surface area contributed by atoms with Gasteiger partial charge in [-0.2, -0.15) is 0 Å². The SMILES string of the molecule is Cc1c([C@@H]2[C@@H](c3ccccn3)NC(=S)N2CCC(=O)Nc2ccccc2F)c(C)n(-c2cccc(Cl)c2)c1C. The monoisotopic (exact) mass is 561 g/mol. The lowest BCUT2D eigenvalue weighted by Crippen LogP contribution is -2.33. The lowest BCUT2D eigenvalue weighted by molar-refractivity contribution is -0.116. The lowest BCUT2D eigenvalue weighted by Gasteiger charge is -2.29. The van der Waals surface area contributed by atoms with Crippen molar-refractivity contribution in [3.63, 3.8) is 0 Å². The number of pyridine rings is 1. The van der Waals surface area contributed by atoms with E-state index >= 15 is 0 Å². The van der Waals surface area contributed by atoms with E-state index in [0.29, 0.717) is 16.7 Å². The Morgan fingerprint density at radius 1 is 1.08 bits per heavy atom. The second-order valence-electron chi connectivity index (χ2n) is 9.62. The highest BCUT2D eigenvalue weighted by molar-refractivity contribution is 7.80. The minimum absolute atomic E-state index is 0.133. The zero-order valence-electron chi connectivity index (χ0n) is 21.9. The fourth-order valence-corrected chi connectivity index (χ4v) is 5.92. The summed E-state index contributed by atoms with van der Waals surface area (Å²) in [6.45, 7) is 6.64. The molecule has 1 aliphatic rings. The summed E-state index contributed by atoms with van der Waals surface area (Å²) in [6.07, 6.45) is 1.90. The number of anilines is 1. The van der Waals surface area contributed by atoms with Crippen LogP contribution in [0.4, 0.5) is 10.1 Å². The molecule has 0 unspecified atom stereocenters. The maximum atomic E-state index is 14.1. The van der Waals surface area contributed by atoms with Gasteiger partial charge in [-0.25, -0.2) is 4.39 Å². The van der Waals surface area contributed by atoms with Gasteiger partial charge in [-0.3, -0.25) is 9.78 Å². The van der Waals surface area contributed by atoms with Crippen LogP contribution < -0.4 is 10.6 Å². The molecular weight excluding hydrogens is 533 g/mol. The largest absolute Gasteiger partial charge is 0.352 e. The molecule has 2 aromatic carbocycles. The molecule has 1 fully saturated rings. The summed E-state index contributed by atoms with van der Waals surface area (Å²) in [5.41, 5.74) is 6.40. The van der Waals surface area contributed by atoms with Gasteiger partial charge in [0.25, 0.3) is 0 Å². The van der Waals surface area contributed by atoms with Gasteiger partial charge in [0.1, 0.15) is 5.82 Å². The summed E-state index contributed by atoms with van der Waals surface area (Å²) in [5, 5.41) is 7.34. The minimum atomic E-state index is -0.471. The molecule has 0 saturated carbocycles. The van der Waals surface area contributed by atoms with Crippen LogP contribution in [0.3, 0.4) is 0 Å². The van der Waals surface area contributed by atoms with Crippen LogP contribution in [0.1, 0.15) is 46.7 Å². The number of aromatic nitrogens is 2. The van der Waals surface area contributed by atoms with Crippen molar-refractivity contribution in [1.82, 2.24) is 19.8 Å². The first-order chi connectivity index (χ1) is 18.8. The second-order valence-corrected chi connectivity index (χ2v) is 10.4. The van der Waals surface area contributed by atoms with Gasteiger partial charge in [0.05, 0.1) is 23.5 Å². The smallest absolute Gasteiger partial charge is 0.226 e. The highest BCUT2D eigenvalue weighted by atomic mass is 35.5. The van der Waals surface area contributed by atoms with Crippen molar-refractivity contribution in [3.8, 4) is 5.69 Å². The number of hydrogen-bond acceptors (Lipinski definition) is 3. The van der Waals surface area contributed by atoms with E-state index in [1.54, 1.807) is 24.4 Å². The van der Waals surface area contributed by atoms with E-state index in [-0.39, 0.29) is 30.1 Å². The maximum Gasteiger partial charge on any atom is 0.226 e. The van der Waals surface area contributed by atoms with Gasteiger partial charge in [-0.1, -0.05) is 35.9 Å². The Morgan fingerprint density at radius 2 is 1.85 bits per heavy atom. The summed E-state index contributed by atoms with van der Waals surface area (Å²) in [5.74, 6) is -0.759. The third-order valence-corrected chi connectivity index (χ3v) is 7.88. The first kappa shape index (κ1) is 26.8. The van der Waals surface area contributed by atoms with Crippen molar-refractivity contribution in [2.24, 2.45) is 0 Å². The van der Waals surface area contributed by atoms with E-state index in [4.69, 9.17) is 23.8 Å². The Balaban J connectivity index is 1.52. The number of carbonyl (C=O) groups excluding carboxylic acids is 1. The number of halogens is 2. The number of rotatable bonds is 7. The summed E-state index contributed by atoms with van der Waals surface area (Å²) in [7, 11) is 0. The topological polar surface area (TPSA) is 62.2 Å². The first-order valence-corrected chi connectivity index (χ1v) is 13.5. The Labute approximate surface area is 237 Å². The molecule has 3 heterocycles. The van der Waals surface area contributed by atoms with Gasteiger partial charge >= 0.3 is 0 Å². The molecule has 200 valence electrons. The quantitative estimate of drug-likeness (QED) is 0.249. The fraction of sp³-hybridized carbons (Fsp3) is 0.233. The van der Waals surface area contributed by atoms with Crippen molar-refractivity contribution < 1.29 is 9.18 Å². The minimum Gasteiger partial charge on any atom is -0.352 e. The number of para-hydroxylation sites is 1. The summed E-state index contributed by atoms with van der Waals surface area (Å²) in [6, 6.07) is 19.3. The second kappa shape index (κ2) is 11.2. The maximum absolute atomic E-state index is 14.1. The van der Waals surface area contributed by atoms with E-state index in [2.05, 4.69) is 41.0 Å². The van der Waals surface area contributed by atoms with Crippen molar-refractivity contribution in [2.75, 3.05) is 11.9 Å². The van der Waals surface area contributed by atoms with Crippen LogP contribution in [0.5, 0.6) is 0 Å². The van der Waals surface area contributed by atoms with Crippen molar-refractivity contribution in [1.29, 1.82) is 0 Å². The Bertz CT molecular complexity index is 1540. The Morgan fingerprint density at radius 3 is 2.56 bits per heavy atom. The molecule has 4 aromatic rings.